The molecule has 1 N–H and O–H groups in total. The minimum absolute atomic E-state index is 0.00484. The summed E-state index contributed by atoms with van der Waals surface area (Å²) in [6, 6.07) is 4.17. The predicted molar refractivity (Wildman–Crippen MR) is 90.0 cm³/mol. The molecule has 0 unspecified atom stereocenters. The summed E-state index contributed by atoms with van der Waals surface area (Å²) in [7, 11) is 0. The van der Waals surface area contributed by atoms with Crippen molar-refractivity contribution < 1.29 is 14.3 Å². The number of carbonyl (C=O) groups is 1. The molecule has 1 fully saturated rings. The van der Waals surface area contributed by atoms with Crippen LogP contribution in [0.3, 0.4) is 0 Å². The topological polar surface area (TPSA) is 80.3 Å². The Labute approximate surface area is 141 Å². The van der Waals surface area contributed by atoms with Crippen LogP contribution in [-0.4, -0.2) is 50.7 Å². The third-order valence-corrected chi connectivity index (χ3v) is 3.90. The Balaban J connectivity index is 1.64. The third-order valence-electron chi connectivity index (χ3n) is 3.90. The van der Waals surface area contributed by atoms with E-state index in [-0.39, 0.29) is 12.1 Å². The molecule has 7 nitrogen and oxygen atoms in total. The maximum atomic E-state index is 12.4. The van der Waals surface area contributed by atoms with Crippen molar-refractivity contribution in [2.75, 3.05) is 13.2 Å². The van der Waals surface area contributed by atoms with Gasteiger partial charge in [-0.25, -0.2) is 9.78 Å². The van der Waals surface area contributed by atoms with Gasteiger partial charge in [-0.2, -0.15) is 4.98 Å². The van der Waals surface area contributed by atoms with E-state index in [0.717, 1.165) is 24.8 Å². The fourth-order valence-corrected chi connectivity index (χ4v) is 2.80. The lowest BCUT2D eigenvalue weighted by atomic mass is 10.0. The highest BCUT2D eigenvalue weighted by Crippen LogP contribution is 2.21. The summed E-state index contributed by atoms with van der Waals surface area (Å²) < 4.78 is 11.3. The molecule has 0 aliphatic carbocycles. The van der Waals surface area contributed by atoms with Crippen LogP contribution in [0.25, 0.3) is 11.2 Å². The van der Waals surface area contributed by atoms with Crippen molar-refractivity contribution in [1.82, 2.24) is 19.9 Å². The van der Waals surface area contributed by atoms with Crippen molar-refractivity contribution in [1.29, 1.82) is 0 Å². The molecule has 2 aromatic heterocycles. The Morgan fingerprint density at radius 1 is 1.42 bits per heavy atom. The monoisotopic (exact) mass is 332 g/mol. The molecule has 0 saturated carbocycles. The number of amides is 1. The molecule has 1 aliphatic rings. The average Bonchev–Trinajstić information content (AvgIpc) is 2.94. The van der Waals surface area contributed by atoms with Crippen molar-refractivity contribution in [3.05, 3.63) is 18.3 Å². The van der Waals surface area contributed by atoms with Crippen LogP contribution < -0.4 is 4.74 Å². The normalized spacial score (nSPS) is 18.6. The molecule has 1 aliphatic heterocycles. The van der Waals surface area contributed by atoms with Crippen molar-refractivity contribution in [2.24, 2.45) is 0 Å². The number of carbonyl (C=O) groups excluding carboxylic acids is 1. The number of pyridine rings is 1. The number of H-pyrrole nitrogens is 1. The first-order valence-electron chi connectivity index (χ1n) is 8.35. The van der Waals surface area contributed by atoms with Gasteiger partial charge in [-0.05, 0) is 52.2 Å². The van der Waals surface area contributed by atoms with Gasteiger partial charge in [-0.3, -0.25) is 0 Å². The van der Waals surface area contributed by atoms with Crippen LogP contribution >= 0.6 is 0 Å². The van der Waals surface area contributed by atoms with Gasteiger partial charge in [0, 0.05) is 12.7 Å². The quantitative estimate of drug-likeness (QED) is 0.934. The number of nitrogens with zero attached hydrogens (tertiary/aromatic N) is 3. The van der Waals surface area contributed by atoms with Crippen LogP contribution in [0.5, 0.6) is 6.01 Å². The van der Waals surface area contributed by atoms with Gasteiger partial charge in [0.2, 0.25) is 0 Å². The highest BCUT2D eigenvalue weighted by Gasteiger charge is 2.31. The number of aromatic amines is 1. The van der Waals surface area contributed by atoms with E-state index in [4.69, 9.17) is 9.47 Å². The molecule has 3 rings (SSSR count). The van der Waals surface area contributed by atoms with Gasteiger partial charge in [-0.1, -0.05) is 0 Å². The summed E-state index contributed by atoms with van der Waals surface area (Å²) in [5.74, 6) is 0. The van der Waals surface area contributed by atoms with Crippen LogP contribution in [0.1, 0.15) is 40.0 Å². The Morgan fingerprint density at radius 3 is 3.00 bits per heavy atom. The van der Waals surface area contributed by atoms with E-state index in [1.807, 2.05) is 32.9 Å². The number of nitrogens with one attached hydrogen (secondary N) is 1. The largest absolute Gasteiger partial charge is 0.463 e. The fraction of sp³-hybridized carbons (Fsp3) is 0.588. The molecule has 1 saturated heterocycles. The van der Waals surface area contributed by atoms with Gasteiger partial charge in [0.15, 0.2) is 5.65 Å². The van der Waals surface area contributed by atoms with Gasteiger partial charge >= 0.3 is 6.09 Å². The van der Waals surface area contributed by atoms with Crippen LogP contribution in [0.15, 0.2) is 18.3 Å². The summed E-state index contributed by atoms with van der Waals surface area (Å²) >= 11 is 0. The van der Waals surface area contributed by atoms with Gasteiger partial charge in [0.1, 0.15) is 12.2 Å². The fourth-order valence-electron chi connectivity index (χ4n) is 2.80. The Morgan fingerprint density at radius 2 is 2.25 bits per heavy atom. The zero-order chi connectivity index (χ0) is 17.2. The lowest BCUT2D eigenvalue weighted by molar-refractivity contribution is 0.00312. The van der Waals surface area contributed by atoms with E-state index >= 15 is 0 Å². The SMILES string of the molecule is CC(C)(C)OC(=O)N1CCCC[C@H]1COc1nc2ncccc2[nH]1. The summed E-state index contributed by atoms with van der Waals surface area (Å²) in [5, 5.41) is 0. The minimum Gasteiger partial charge on any atom is -0.463 e. The standard InChI is InChI=1S/C17H24N4O3/c1-17(2,3)24-16(22)21-10-5-4-7-12(21)11-23-15-19-13-8-6-9-18-14(13)20-15/h6,8-9,12H,4-5,7,10-11H2,1-3H3,(H,18,19,20)/t12-/m0/s1. The molecular weight excluding hydrogens is 308 g/mol. The molecule has 0 aromatic carbocycles. The van der Waals surface area contributed by atoms with Crippen LogP contribution in [0, 0.1) is 0 Å². The number of piperidine rings is 1. The zero-order valence-corrected chi connectivity index (χ0v) is 14.4. The molecule has 1 atom stereocenters. The molecule has 7 heteroatoms. The van der Waals surface area contributed by atoms with E-state index in [2.05, 4.69) is 15.0 Å². The summed E-state index contributed by atoms with van der Waals surface area (Å²) in [5.41, 5.74) is 0.963. The number of rotatable bonds is 3. The van der Waals surface area contributed by atoms with Crippen molar-refractivity contribution in [3.8, 4) is 6.01 Å². The summed E-state index contributed by atoms with van der Waals surface area (Å²) in [6.45, 7) is 6.72. The Hall–Kier alpha value is -2.31. The minimum atomic E-state index is -0.496. The number of aromatic nitrogens is 3. The molecule has 0 spiro atoms. The second-order valence-corrected chi connectivity index (χ2v) is 7.05. The molecule has 1 amide bonds. The van der Waals surface area contributed by atoms with Crippen LogP contribution in [0.4, 0.5) is 4.79 Å². The van der Waals surface area contributed by atoms with Gasteiger partial charge in [0.25, 0.3) is 6.01 Å². The first-order valence-corrected chi connectivity index (χ1v) is 8.35. The molecule has 130 valence electrons. The predicted octanol–water partition coefficient (Wildman–Crippen LogP) is 3.13. The number of fused-ring (bicyclic) bond motifs is 1. The van der Waals surface area contributed by atoms with Crippen molar-refractivity contribution in [3.63, 3.8) is 0 Å². The molecule has 2 aromatic rings. The Bertz CT molecular complexity index is 674. The van der Waals surface area contributed by atoms with Gasteiger partial charge in [0.05, 0.1) is 11.6 Å². The zero-order valence-electron chi connectivity index (χ0n) is 14.4. The van der Waals surface area contributed by atoms with E-state index < -0.39 is 5.60 Å². The van der Waals surface area contributed by atoms with Crippen LogP contribution in [-0.2, 0) is 4.74 Å². The first kappa shape index (κ1) is 16.5. The lowest BCUT2D eigenvalue weighted by Gasteiger charge is -2.36. The highest BCUT2D eigenvalue weighted by atomic mass is 16.6. The van der Waals surface area contributed by atoms with Gasteiger partial charge < -0.3 is 19.4 Å². The second kappa shape index (κ2) is 6.67. The highest BCUT2D eigenvalue weighted by molar-refractivity contribution is 5.70. The lowest BCUT2D eigenvalue weighted by Crippen LogP contribution is -2.48. The average molecular weight is 332 g/mol. The first-order chi connectivity index (χ1) is 11.4. The van der Waals surface area contributed by atoms with E-state index in [1.54, 1.807) is 11.1 Å². The third kappa shape index (κ3) is 3.96. The number of likely N-dealkylation sites (tertiary alicyclic amines) is 1. The summed E-state index contributed by atoms with van der Waals surface area (Å²) in [4.78, 5) is 25.7. The van der Waals surface area contributed by atoms with Crippen molar-refractivity contribution in [2.45, 2.75) is 51.7 Å². The van der Waals surface area contributed by atoms with Crippen molar-refractivity contribution >= 4 is 17.3 Å². The van der Waals surface area contributed by atoms with E-state index in [0.29, 0.717) is 24.8 Å². The van der Waals surface area contributed by atoms with Gasteiger partial charge in [-0.15, -0.1) is 0 Å². The second-order valence-electron chi connectivity index (χ2n) is 7.05. The maximum absolute atomic E-state index is 12.4. The van der Waals surface area contributed by atoms with E-state index in [9.17, 15) is 4.79 Å². The molecule has 0 bridgehead atoms. The molecule has 0 radical (unpaired) electrons. The summed E-state index contributed by atoms with van der Waals surface area (Å²) in [6.07, 6.45) is 4.39. The van der Waals surface area contributed by atoms with Crippen LogP contribution in [0.2, 0.25) is 0 Å². The maximum Gasteiger partial charge on any atom is 0.410 e. The molecular formula is C17H24N4O3. The smallest absolute Gasteiger partial charge is 0.410 e. The number of imidazole rings is 1. The number of ether oxygens (including phenoxy) is 2. The van der Waals surface area contributed by atoms with E-state index in [1.165, 1.54) is 0 Å². The number of hydrogen-bond donors (Lipinski definition) is 1. The number of hydrogen-bond acceptors (Lipinski definition) is 5. The molecule has 3 heterocycles. The molecule has 24 heavy (non-hydrogen) atoms. The Kier molecular flexibility index (Phi) is 4.59.